The second-order valence-corrected chi connectivity index (χ2v) is 3.31. The van der Waals surface area contributed by atoms with Gasteiger partial charge in [-0.25, -0.2) is 0 Å². The SMILES string of the molecule is CN(CC(=O)O)Cc1cccc(N)c1. The zero-order chi connectivity index (χ0) is 10.6. The summed E-state index contributed by atoms with van der Waals surface area (Å²) in [5.74, 6) is -0.823. The number of carboxylic acids is 1. The molecule has 76 valence electrons. The molecule has 0 heterocycles. The van der Waals surface area contributed by atoms with Crippen LogP contribution in [0.2, 0.25) is 0 Å². The van der Waals surface area contributed by atoms with Crippen LogP contribution in [0.1, 0.15) is 5.56 Å². The van der Waals surface area contributed by atoms with Crippen molar-refractivity contribution in [2.24, 2.45) is 0 Å². The molecule has 0 radical (unpaired) electrons. The van der Waals surface area contributed by atoms with Crippen LogP contribution in [0.3, 0.4) is 0 Å². The Hall–Kier alpha value is -1.55. The van der Waals surface area contributed by atoms with Crippen LogP contribution in [0.25, 0.3) is 0 Å². The number of rotatable bonds is 4. The third kappa shape index (κ3) is 3.45. The first-order valence-corrected chi connectivity index (χ1v) is 4.32. The van der Waals surface area contributed by atoms with Crippen LogP contribution in [0, 0.1) is 0 Å². The summed E-state index contributed by atoms with van der Waals surface area (Å²) in [5, 5.41) is 8.55. The monoisotopic (exact) mass is 194 g/mol. The quantitative estimate of drug-likeness (QED) is 0.695. The molecule has 0 atom stereocenters. The lowest BCUT2D eigenvalue weighted by atomic mass is 10.2. The van der Waals surface area contributed by atoms with Crippen LogP contribution in [0.15, 0.2) is 24.3 Å². The van der Waals surface area contributed by atoms with E-state index in [9.17, 15) is 4.79 Å². The van der Waals surface area contributed by atoms with Gasteiger partial charge in [-0.15, -0.1) is 0 Å². The second-order valence-electron chi connectivity index (χ2n) is 3.31. The van der Waals surface area contributed by atoms with Gasteiger partial charge >= 0.3 is 5.97 Å². The molecular formula is C10H14N2O2. The average molecular weight is 194 g/mol. The molecule has 0 bridgehead atoms. The molecule has 0 aromatic heterocycles. The zero-order valence-electron chi connectivity index (χ0n) is 8.10. The minimum Gasteiger partial charge on any atom is -0.480 e. The highest BCUT2D eigenvalue weighted by Crippen LogP contribution is 2.08. The smallest absolute Gasteiger partial charge is 0.317 e. The highest BCUT2D eigenvalue weighted by Gasteiger charge is 2.04. The van der Waals surface area contributed by atoms with E-state index in [4.69, 9.17) is 10.8 Å². The van der Waals surface area contributed by atoms with Gasteiger partial charge in [-0.1, -0.05) is 12.1 Å². The van der Waals surface area contributed by atoms with E-state index < -0.39 is 5.97 Å². The van der Waals surface area contributed by atoms with Crippen LogP contribution in [0.5, 0.6) is 0 Å². The summed E-state index contributed by atoms with van der Waals surface area (Å²) >= 11 is 0. The topological polar surface area (TPSA) is 66.6 Å². The Morgan fingerprint density at radius 1 is 1.57 bits per heavy atom. The number of likely N-dealkylation sites (N-methyl/N-ethyl adjacent to an activating group) is 1. The lowest BCUT2D eigenvalue weighted by Gasteiger charge is -2.13. The number of nitrogen functional groups attached to an aromatic ring is 1. The van der Waals surface area contributed by atoms with E-state index in [-0.39, 0.29) is 6.54 Å². The molecule has 0 saturated carbocycles. The maximum absolute atomic E-state index is 10.4. The summed E-state index contributed by atoms with van der Waals surface area (Å²) in [5.41, 5.74) is 7.32. The third-order valence-electron chi connectivity index (χ3n) is 1.81. The van der Waals surface area contributed by atoms with E-state index in [1.165, 1.54) is 0 Å². The Balaban J connectivity index is 2.55. The van der Waals surface area contributed by atoms with E-state index in [1.807, 2.05) is 18.2 Å². The average Bonchev–Trinajstić information content (AvgIpc) is 2.01. The molecule has 0 saturated heterocycles. The van der Waals surface area contributed by atoms with Crippen molar-refractivity contribution in [1.29, 1.82) is 0 Å². The van der Waals surface area contributed by atoms with Crippen molar-refractivity contribution in [3.05, 3.63) is 29.8 Å². The standard InChI is InChI=1S/C10H14N2O2/c1-12(7-10(13)14)6-8-3-2-4-9(11)5-8/h2-5H,6-7,11H2,1H3,(H,13,14). The fraction of sp³-hybridized carbons (Fsp3) is 0.300. The number of carbonyl (C=O) groups is 1. The first kappa shape index (κ1) is 10.5. The molecule has 0 aliphatic heterocycles. The lowest BCUT2D eigenvalue weighted by Crippen LogP contribution is -2.25. The van der Waals surface area contributed by atoms with Crippen molar-refractivity contribution in [1.82, 2.24) is 4.90 Å². The van der Waals surface area contributed by atoms with E-state index in [1.54, 1.807) is 18.0 Å². The first-order chi connectivity index (χ1) is 6.58. The number of benzene rings is 1. The molecule has 0 unspecified atom stereocenters. The van der Waals surface area contributed by atoms with Gasteiger partial charge in [0.25, 0.3) is 0 Å². The van der Waals surface area contributed by atoms with E-state index in [0.29, 0.717) is 12.2 Å². The van der Waals surface area contributed by atoms with Crippen molar-refractivity contribution < 1.29 is 9.90 Å². The second kappa shape index (κ2) is 4.62. The van der Waals surface area contributed by atoms with Gasteiger partial charge in [0, 0.05) is 12.2 Å². The number of hydrogen-bond acceptors (Lipinski definition) is 3. The highest BCUT2D eigenvalue weighted by molar-refractivity contribution is 5.69. The predicted molar refractivity (Wildman–Crippen MR) is 54.8 cm³/mol. The molecule has 1 rings (SSSR count). The summed E-state index contributed by atoms with van der Waals surface area (Å²) < 4.78 is 0. The molecular weight excluding hydrogens is 180 g/mol. The van der Waals surface area contributed by atoms with Crippen LogP contribution in [0.4, 0.5) is 5.69 Å². The number of nitrogens with zero attached hydrogens (tertiary/aromatic N) is 1. The van der Waals surface area contributed by atoms with Crippen LogP contribution >= 0.6 is 0 Å². The number of aliphatic carboxylic acids is 1. The zero-order valence-corrected chi connectivity index (χ0v) is 8.10. The van der Waals surface area contributed by atoms with Gasteiger partial charge in [0.1, 0.15) is 0 Å². The molecule has 0 spiro atoms. The summed E-state index contributed by atoms with van der Waals surface area (Å²) in [6, 6.07) is 7.44. The van der Waals surface area contributed by atoms with Gasteiger partial charge in [0.2, 0.25) is 0 Å². The van der Waals surface area contributed by atoms with Gasteiger partial charge in [0.15, 0.2) is 0 Å². The minimum atomic E-state index is -0.823. The van der Waals surface area contributed by atoms with E-state index in [0.717, 1.165) is 5.56 Å². The highest BCUT2D eigenvalue weighted by atomic mass is 16.4. The molecule has 4 heteroatoms. The van der Waals surface area contributed by atoms with Crippen LogP contribution in [-0.4, -0.2) is 29.6 Å². The number of carboxylic acid groups (broad SMARTS) is 1. The van der Waals surface area contributed by atoms with Gasteiger partial charge in [-0.2, -0.15) is 0 Å². The lowest BCUT2D eigenvalue weighted by molar-refractivity contribution is -0.138. The molecule has 14 heavy (non-hydrogen) atoms. The minimum absolute atomic E-state index is 0.0365. The van der Waals surface area contributed by atoms with Crippen molar-refractivity contribution in [3.8, 4) is 0 Å². The molecule has 4 nitrogen and oxygen atoms in total. The maximum atomic E-state index is 10.4. The molecule has 0 aliphatic rings. The predicted octanol–water partition coefficient (Wildman–Crippen LogP) is 0.785. The van der Waals surface area contributed by atoms with E-state index in [2.05, 4.69) is 0 Å². The Labute approximate surface area is 82.9 Å². The van der Waals surface area contributed by atoms with Gasteiger partial charge in [0.05, 0.1) is 6.54 Å². The molecule has 0 aliphatic carbocycles. The van der Waals surface area contributed by atoms with Crippen molar-refractivity contribution in [2.45, 2.75) is 6.54 Å². The van der Waals surface area contributed by atoms with Crippen molar-refractivity contribution in [3.63, 3.8) is 0 Å². The van der Waals surface area contributed by atoms with Crippen LogP contribution in [-0.2, 0) is 11.3 Å². The molecule has 3 N–H and O–H groups in total. The molecule has 1 aromatic carbocycles. The third-order valence-corrected chi connectivity index (χ3v) is 1.81. The summed E-state index contributed by atoms with van der Waals surface area (Å²) in [6.07, 6.45) is 0. The fourth-order valence-electron chi connectivity index (χ4n) is 1.29. The number of nitrogens with two attached hydrogens (primary N) is 1. The summed E-state index contributed by atoms with van der Waals surface area (Å²) in [7, 11) is 1.76. The van der Waals surface area contributed by atoms with Gasteiger partial charge < -0.3 is 10.8 Å². The Bertz CT molecular complexity index is 326. The fourth-order valence-corrected chi connectivity index (χ4v) is 1.29. The summed E-state index contributed by atoms with van der Waals surface area (Å²) in [4.78, 5) is 12.1. The van der Waals surface area contributed by atoms with Gasteiger partial charge in [-0.3, -0.25) is 9.69 Å². The van der Waals surface area contributed by atoms with Crippen molar-refractivity contribution in [2.75, 3.05) is 19.3 Å². The molecule has 0 amide bonds. The number of hydrogen-bond donors (Lipinski definition) is 2. The Morgan fingerprint density at radius 3 is 2.86 bits per heavy atom. The van der Waals surface area contributed by atoms with Gasteiger partial charge in [-0.05, 0) is 24.7 Å². The molecule has 0 fully saturated rings. The van der Waals surface area contributed by atoms with Crippen LogP contribution < -0.4 is 5.73 Å². The maximum Gasteiger partial charge on any atom is 0.317 e. The normalized spacial score (nSPS) is 10.4. The first-order valence-electron chi connectivity index (χ1n) is 4.32. The Morgan fingerprint density at radius 2 is 2.29 bits per heavy atom. The largest absolute Gasteiger partial charge is 0.480 e. The summed E-state index contributed by atoms with van der Waals surface area (Å²) in [6.45, 7) is 0.631. The van der Waals surface area contributed by atoms with E-state index >= 15 is 0 Å². The number of anilines is 1. The molecule has 1 aromatic rings. The Kier molecular flexibility index (Phi) is 3.48. The van der Waals surface area contributed by atoms with Crippen molar-refractivity contribution >= 4 is 11.7 Å².